The van der Waals surface area contributed by atoms with E-state index in [4.69, 9.17) is 37.4 Å². The van der Waals surface area contributed by atoms with E-state index in [0.29, 0.717) is 60.7 Å². The highest BCUT2D eigenvalue weighted by atomic mass is 35.5. The van der Waals surface area contributed by atoms with Crippen molar-refractivity contribution in [3.05, 3.63) is 92.5 Å². The van der Waals surface area contributed by atoms with Gasteiger partial charge in [0.15, 0.2) is 23.1 Å². The van der Waals surface area contributed by atoms with Gasteiger partial charge < -0.3 is 14.2 Å². The summed E-state index contributed by atoms with van der Waals surface area (Å²) in [6, 6.07) is 13.3. The quantitative estimate of drug-likeness (QED) is 0.270. The predicted molar refractivity (Wildman–Crippen MR) is 124 cm³/mol. The van der Waals surface area contributed by atoms with Crippen molar-refractivity contribution >= 4 is 40.3 Å². The third-order valence-electron chi connectivity index (χ3n) is 5.28. The van der Waals surface area contributed by atoms with Crippen molar-refractivity contribution in [3.63, 3.8) is 0 Å². The number of carbonyl (C=O) groups is 2. The van der Waals surface area contributed by atoms with Crippen molar-refractivity contribution < 1.29 is 23.8 Å². The minimum Gasteiger partial charge on any atom is -0.493 e. The second kappa shape index (κ2) is 8.69. The first-order chi connectivity index (χ1) is 15.4. The standard InChI is InChI=1S/C25H18Cl2O5/c1-30-20-10-13(11-21(31-2)25(20)32-3)19(28)12-16-14-6-4-9-18(27)23(14)24(29)15-7-5-8-17(26)22(15)16/h4-12H,1-3H3/b16-12+. The highest BCUT2D eigenvalue weighted by molar-refractivity contribution is 6.39. The summed E-state index contributed by atoms with van der Waals surface area (Å²) in [5.41, 5.74) is 2.61. The van der Waals surface area contributed by atoms with E-state index in [-0.39, 0.29) is 11.6 Å². The Morgan fingerprint density at radius 2 is 1.38 bits per heavy atom. The fourth-order valence-corrected chi connectivity index (χ4v) is 4.36. The molecule has 4 rings (SSSR count). The van der Waals surface area contributed by atoms with Crippen LogP contribution >= 0.6 is 23.2 Å². The minimum absolute atomic E-state index is 0.236. The van der Waals surface area contributed by atoms with E-state index in [1.54, 1.807) is 48.5 Å². The van der Waals surface area contributed by atoms with Gasteiger partial charge in [0.05, 0.1) is 26.4 Å². The van der Waals surface area contributed by atoms with Gasteiger partial charge in [-0.1, -0.05) is 47.5 Å². The van der Waals surface area contributed by atoms with Crippen LogP contribution in [0.5, 0.6) is 17.2 Å². The molecule has 0 fully saturated rings. The molecular weight excluding hydrogens is 451 g/mol. The van der Waals surface area contributed by atoms with Crippen LogP contribution in [0.25, 0.3) is 5.57 Å². The molecule has 32 heavy (non-hydrogen) atoms. The lowest BCUT2D eigenvalue weighted by Gasteiger charge is -2.23. The Labute approximate surface area is 195 Å². The minimum atomic E-state index is -0.328. The summed E-state index contributed by atoms with van der Waals surface area (Å²) in [5.74, 6) is 0.530. The van der Waals surface area contributed by atoms with Crippen LogP contribution in [-0.2, 0) is 0 Å². The SMILES string of the molecule is COc1cc(C(=O)/C=C2\c3cccc(Cl)c3C(=O)c3cccc(Cl)c32)cc(OC)c1OC. The molecule has 3 aromatic carbocycles. The van der Waals surface area contributed by atoms with Gasteiger partial charge >= 0.3 is 0 Å². The monoisotopic (exact) mass is 468 g/mol. The second-order valence-electron chi connectivity index (χ2n) is 6.99. The predicted octanol–water partition coefficient (Wildman–Crippen LogP) is 5.88. The molecule has 0 bridgehead atoms. The van der Waals surface area contributed by atoms with E-state index in [1.807, 2.05) is 0 Å². The van der Waals surface area contributed by atoms with Gasteiger partial charge in [-0.05, 0) is 41.5 Å². The summed E-state index contributed by atoms with van der Waals surface area (Å²) in [7, 11) is 4.44. The summed E-state index contributed by atoms with van der Waals surface area (Å²) in [6.45, 7) is 0. The van der Waals surface area contributed by atoms with E-state index in [0.717, 1.165) is 0 Å². The Hall–Kier alpha value is -3.28. The summed E-state index contributed by atoms with van der Waals surface area (Å²) >= 11 is 12.8. The Balaban J connectivity index is 1.94. The largest absolute Gasteiger partial charge is 0.493 e. The number of methoxy groups -OCH3 is 3. The molecule has 3 aromatic rings. The van der Waals surface area contributed by atoms with Crippen molar-refractivity contribution in [2.75, 3.05) is 21.3 Å². The molecule has 0 amide bonds. The molecule has 0 heterocycles. The molecule has 0 saturated heterocycles. The van der Waals surface area contributed by atoms with E-state index in [2.05, 4.69) is 0 Å². The number of benzene rings is 3. The molecule has 162 valence electrons. The van der Waals surface area contributed by atoms with Gasteiger partial charge in [-0.3, -0.25) is 9.59 Å². The van der Waals surface area contributed by atoms with Crippen LogP contribution in [-0.4, -0.2) is 32.9 Å². The molecule has 0 aromatic heterocycles. The number of hydrogen-bond donors (Lipinski definition) is 0. The van der Waals surface area contributed by atoms with Crippen LogP contribution < -0.4 is 14.2 Å². The molecule has 7 heteroatoms. The molecule has 0 unspecified atom stereocenters. The number of ether oxygens (including phenoxy) is 3. The molecule has 0 N–H and O–H groups in total. The lowest BCUT2D eigenvalue weighted by molar-refractivity contribution is 0.103. The molecule has 0 radical (unpaired) electrons. The third kappa shape index (κ3) is 3.53. The Kier molecular flexibility index (Phi) is 5.96. The average Bonchev–Trinajstić information content (AvgIpc) is 2.80. The van der Waals surface area contributed by atoms with Crippen LogP contribution in [0.1, 0.15) is 37.4 Å². The fraction of sp³-hybridized carbons (Fsp3) is 0.120. The normalized spacial score (nSPS) is 13.4. The zero-order valence-corrected chi connectivity index (χ0v) is 19.0. The zero-order chi connectivity index (χ0) is 23.0. The summed E-state index contributed by atoms with van der Waals surface area (Å²) in [6.07, 6.45) is 1.45. The second-order valence-corrected chi connectivity index (χ2v) is 7.80. The molecule has 0 aliphatic heterocycles. The van der Waals surface area contributed by atoms with Gasteiger partial charge in [0.25, 0.3) is 0 Å². The summed E-state index contributed by atoms with van der Waals surface area (Å²) in [5, 5.41) is 0.676. The van der Waals surface area contributed by atoms with Crippen LogP contribution in [0.4, 0.5) is 0 Å². The molecule has 0 spiro atoms. The van der Waals surface area contributed by atoms with Crippen molar-refractivity contribution in [2.45, 2.75) is 0 Å². The number of rotatable bonds is 5. The summed E-state index contributed by atoms with van der Waals surface area (Å²) < 4.78 is 16.0. The topological polar surface area (TPSA) is 61.8 Å². The maximum absolute atomic E-state index is 13.4. The first kappa shape index (κ1) is 21.9. The first-order valence-corrected chi connectivity index (χ1v) is 10.3. The van der Waals surface area contributed by atoms with Crippen LogP contribution in [0.2, 0.25) is 10.0 Å². The summed E-state index contributed by atoms with van der Waals surface area (Å²) in [4.78, 5) is 26.5. The van der Waals surface area contributed by atoms with Gasteiger partial charge in [0.1, 0.15) is 0 Å². The highest BCUT2D eigenvalue weighted by Crippen LogP contribution is 2.43. The number of hydrogen-bond acceptors (Lipinski definition) is 5. The van der Waals surface area contributed by atoms with Gasteiger partial charge in [0.2, 0.25) is 5.75 Å². The van der Waals surface area contributed by atoms with Crippen LogP contribution in [0, 0.1) is 0 Å². The van der Waals surface area contributed by atoms with E-state index >= 15 is 0 Å². The molecule has 1 aliphatic rings. The molecule has 0 saturated carbocycles. The maximum Gasteiger partial charge on any atom is 0.203 e. The third-order valence-corrected chi connectivity index (χ3v) is 5.91. The number of fused-ring (bicyclic) bond motifs is 2. The van der Waals surface area contributed by atoms with Crippen LogP contribution in [0.15, 0.2) is 54.6 Å². The zero-order valence-electron chi connectivity index (χ0n) is 17.5. The number of ketones is 2. The van der Waals surface area contributed by atoms with Gasteiger partial charge in [0, 0.05) is 27.3 Å². The molecule has 5 nitrogen and oxygen atoms in total. The smallest absolute Gasteiger partial charge is 0.203 e. The van der Waals surface area contributed by atoms with Gasteiger partial charge in [-0.25, -0.2) is 0 Å². The molecule has 0 atom stereocenters. The van der Waals surface area contributed by atoms with Crippen molar-refractivity contribution in [2.24, 2.45) is 0 Å². The van der Waals surface area contributed by atoms with Crippen molar-refractivity contribution in [1.82, 2.24) is 0 Å². The van der Waals surface area contributed by atoms with E-state index < -0.39 is 0 Å². The first-order valence-electron chi connectivity index (χ1n) is 9.59. The molecular formula is C25H18Cl2O5. The highest BCUT2D eigenvalue weighted by Gasteiger charge is 2.31. The lowest BCUT2D eigenvalue weighted by Crippen LogP contribution is -2.16. The maximum atomic E-state index is 13.4. The Bertz CT molecular complexity index is 1270. The van der Waals surface area contributed by atoms with E-state index in [9.17, 15) is 9.59 Å². The Morgan fingerprint density at radius 3 is 1.94 bits per heavy atom. The Morgan fingerprint density at radius 1 is 0.812 bits per heavy atom. The number of allylic oxidation sites excluding steroid dienone is 1. The fourth-order valence-electron chi connectivity index (χ4n) is 3.82. The van der Waals surface area contributed by atoms with Crippen molar-refractivity contribution in [1.29, 1.82) is 0 Å². The number of carbonyl (C=O) groups excluding carboxylic acids is 2. The van der Waals surface area contributed by atoms with Gasteiger partial charge in [-0.15, -0.1) is 0 Å². The average molecular weight is 469 g/mol. The lowest BCUT2D eigenvalue weighted by atomic mass is 9.80. The van der Waals surface area contributed by atoms with Crippen molar-refractivity contribution in [3.8, 4) is 17.2 Å². The van der Waals surface area contributed by atoms with Gasteiger partial charge in [-0.2, -0.15) is 0 Å². The number of halogens is 2. The van der Waals surface area contributed by atoms with Crippen LogP contribution in [0.3, 0.4) is 0 Å². The van der Waals surface area contributed by atoms with E-state index in [1.165, 1.54) is 27.4 Å². The molecule has 1 aliphatic carbocycles.